The standard InChI is InChI=1S/C25H21FN2O3/c1-2-30-22-13-9-21(10-14-22)28-25(29)20(16-27)15-18-7-11-23(12-8-18)31-17-19-5-3-4-6-24(19)26/h3-15H,2,17H2,1H3,(H,28,29)/b20-15-. The highest BCUT2D eigenvalue weighted by Crippen LogP contribution is 2.19. The van der Waals surface area contributed by atoms with E-state index in [1.54, 1.807) is 66.7 Å². The number of rotatable bonds is 8. The van der Waals surface area contributed by atoms with Crippen molar-refractivity contribution in [2.45, 2.75) is 13.5 Å². The molecule has 0 bridgehead atoms. The Balaban J connectivity index is 1.62. The van der Waals surface area contributed by atoms with Crippen LogP contribution >= 0.6 is 0 Å². The van der Waals surface area contributed by atoms with Crippen LogP contribution in [0, 0.1) is 17.1 Å². The Morgan fingerprint density at radius 1 is 1.00 bits per heavy atom. The van der Waals surface area contributed by atoms with Gasteiger partial charge < -0.3 is 14.8 Å². The molecule has 1 N–H and O–H groups in total. The van der Waals surface area contributed by atoms with Crippen molar-refractivity contribution in [1.82, 2.24) is 0 Å². The number of halogens is 1. The number of nitrogens with one attached hydrogen (secondary N) is 1. The normalized spacial score (nSPS) is 10.8. The average Bonchev–Trinajstić information content (AvgIpc) is 2.79. The highest BCUT2D eigenvalue weighted by Gasteiger charge is 2.10. The molecule has 5 nitrogen and oxygen atoms in total. The van der Waals surface area contributed by atoms with E-state index >= 15 is 0 Å². The Morgan fingerprint density at radius 3 is 2.29 bits per heavy atom. The molecule has 0 aromatic heterocycles. The first-order valence-electron chi connectivity index (χ1n) is 9.71. The molecule has 0 radical (unpaired) electrons. The Hall–Kier alpha value is -4.11. The largest absolute Gasteiger partial charge is 0.494 e. The van der Waals surface area contributed by atoms with Crippen molar-refractivity contribution in [3.63, 3.8) is 0 Å². The summed E-state index contributed by atoms with van der Waals surface area (Å²) in [4.78, 5) is 12.4. The number of ether oxygens (including phenoxy) is 2. The van der Waals surface area contributed by atoms with Gasteiger partial charge in [0.25, 0.3) is 5.91 Å². The van der Waals surface area contributed by atoms with E-state index in [1.165, 1.54) is 12.1 Å². The van der Waals surface area contributed by atoms with Gasteiger partial charge in [-0.2, -0.15) is 5.26 Å². The Bertz CT molecular complexity index is 1100. The third kappa shape index (κ3) is 6.18. The number of benzene rings is 3. The van der Waals surface area contributed by atoms with Crippen molar-refractivity contribution in [2.24, 2.45) is 0 Å². The number of nitriles is 1. The summed E-state index contributed by atoms with van der Waals surface area (Å²) in [6, 6.07) is 22.1. The summed E-state index contributed by atoms with van der Waals surface area (Å²) in [6.07, 6.45) is 1.49. The second kappa shape index (κ2) is 10.6. The van der Waals surface area contributed by atoms with Crippen LogP contribution in [0.1, 0.15) is 18.1 Å². The van der Waals surface area contributed by atoms with Crippen molar-refractivity contribution in [2.75, 3.05) is 11.9 Å². The zero-order valence-corrected chi connectivity index (χ0v) is 17.0. The van der Waals surface area contributed by atoms with Crippen LogP contribution < -0.4 is 14.8 Å². The summed E-state index contributed by atoms with van der Waals surface area (Å²) < 4.78 is 24.6. The topological polar surface area (TPSA) is 71.3 Å². The van der Waals surface area contributed by atoms with E-state index in [2.05, 4.69) is 5.32 Å². The van der Waals surface area contributed by atoms with Crippen molar-refractivity contribution in [1.29, 1.82) is 5.26 Å². The maximum Gasteiger partial charge on any atom is 0.266 e. The molecule has 1 amide bonds. The SMILES string of the molecule is CCOc1ccc(NC(=O)/C(C#N)=C\c2ccc(OCc3ccccc3F)cc2)cc1. The van der Waals surface area contributed by atoms with Gasteiger partial charge in [0, 0.05) is 11.3 Å². The molecule has 0 fully saturated rings. The van der Waals surface area contributed by atoms with Crippen molar-refractivity contribution >= 4 is 17.7 Å². The quantitative estimate of drug-likeness (QED) is 0.397. The Labute approximate surface area is 180 Å². The molecule has 3 aromatic carbocycles. The third-order valence-electron chi connectivity index (χ3n) is 4.33. The fourth-order valence-electron chi connectivity index (χ4n) is 2.75. The van der Waals surface area contributed by atoms with Crippen LogP contribution in [0.15, 0.2) is 78.4 Å². The second-order valence-electron chi connectivity index (χ2n) is 6.53. The summed E-state index contributed by atoms with van der Waals surface area (Å²) in [7, 11) is 0. The number of anilines is 1. The number of carbonyl (C=O) groups excluding carboxylic acids is 1. The molecule has 6 heteroatoms. The smallest absolute Gasteiger partial charge is 0.266 e. The highest BCUT2D eigenvalue weighted by atomic mass is 19.1. The summed E-state index contributed by atoms with van der Waals surface area (Å²) in [5.74, 6) is 0.428. The van der Waals surface area contributed by atoms with E-state index < -0.39 is 5.91 Å². The molecule has 0 saturated carbocycles. The van der Waals surface area contributed by atoms with Crippen LogP contribution in [-0.4, -0.2) is 12.5 Å². The first kappa shape index (κ1) is 21.6. The molecule has 0 heterocycles. The lowest BCUT2D eigenvalue weighted by Crippen LogP contribution is -2.13. The zero-order chi connectivity index (χ0) is 22.1. The molecule has 3 rings (SSSR count). The van der Waals surface area contributed by atoms with Crippen LogP contribution in [0.4, 0.5) is 10.1 Å². The fraction of sp³-hybridized carbons (Fsp3) is 0.120. The number of hydrogen-bond acceptors (Lipinski definition) is 4. The van der Waals surface area contributed by atoms with E-state index in [9.17, 15) is 14.4 Å². The predicted octanol–water partition coefficient (Wildman–Crippen LogP) is 5.35. The minimum atomic E-state index is -0.508. The van der Waals surface area contributed by atoms with Crippen LogP contribution in [0.25, 0.3) is 6.08 Å². The molecule has 0 atom stereocenters. The number of amides is 1. The summed E-state index contributed by atoms with van der Waals surface area (Å²) in [6.45, 7) is 2.55. The number of hydrogen-bond donors (Lipinski definition) is 1. The number of carbonyl (C=O) groups is 1. The van der Waals surface area contributed by atoms with E-state index in [4.69, 9.17) is 9.47 Å². The zero-order valence-electron chi connectivity index (χ0n) is 17.0. The van der Waals surface area contributed by atoms with Gasteiger partial charge in [-0.15, -0.1) is 0 Å². The molecule has 0 unspecified atom stereocenters. The van der Waals surface area contributed by atoms with Gasteiger partial charge in [-0.1, -0.05) is 30.3 Å². The van der Waals surface area contributed by atoms with E-state index in [-0.39, 0.29) is 18.0 Å². The molecule has 156 valence electrons. The first-order valence-corrected chi connectivity index (χ1v) is 9.71. The van der Waals surface area contributed by atoms with Crippen molar-refractivity contribution in [3.8, 4) is 17.6 Å². The van der Waals surface area contributed by atoms with Gasteiger partial charge in [-0.25, -0.2) is 4.39 Å². The summed E-state index contributed by atoms with van der Waals surface area (Å²) >= 11 is 0. The molecule has 0 saturated heterocycles. The molecule has 0 aliphatic carbocycles. The maximum absolute atomic E-state index is 13.7. The minimum absolute atomic E-state index is 0.0334. The van der Waals surface area contributed by atoms with Crippen LogP contribution in [0.3, 0.4) is 0 Å². The van der Waals surface area contributed by atoms with Crippen LogP contribution in [-0.2, 0) is 11.4 Å². The predicted molar refractivity (Wildman–Crippen MR) is 117 cm³/mol. The van der Waals surface area contributed by atoms with Gasteiger partial charge in [-0.3, -0.25) is 4.79 Å². The first-order chi connectivity index (χ1) is 15.1. The van der Waals surface area contributed by atoms with Crippen molar-refractivity contribution < 1.29 is 18.7 Å². The lowest BCUT2D eigenvalue weighted by molar-refractivity contribution is -0.112. The van der Waals surface area contributed by atoms with Gasteiger partial charge in [0.1, 0.15) is 35.6 Å². The van der Waals surface area contributed by atoms with Crippen molar-refractivity contribution in [3.05, 3.63) is 95.3 Å². The molecule has 3 aromatic rings. The van der Waals surface area contributed by atoms with Gasteiger partial charge in [0.05, 0.1) is 6.61 Å². The van der Waals surface area contributed by atoms with Gasteiger partial charge >= 0.3 is 0 Å². The third-order valence-corrected chi connectivity index (χ3v) is 4.33. The Kier molecular flexibility index (Phi) is 7.39. The molecule has 0 aliphatic rings. The molecule has 31 heavy (non-hydrogen) atoms. The maximum atomic E-state index is 13.7. The fourth-order valence-corrected chi connectivity index (χ4v) is 2.75. The summed E-state index contributed by atoms with van der Waals surface area (Å²) in [5, 5.41) is 12.1. The van der Waals surface area contributed by atoms with Gasteiger partial charge in [0.2, 0.25) is 0 Å². The monoisotopic (exact) mass is 416 g/mol. The molecular weight excluding hydrogens is 395 g/mol. The lowest BCUT2D eigenvalue weighted by Gasteiger charge is -2.08. The molecular formula is C25H21FN2O3. The summed E-state index contributed by atoms with van der Waals surface area (Å²) in [5.41, 5.74) is 1.65. The lowest BCUT2D eigenvalue weighted by atomic mass is 10.1. The van der Waals surface area contributed by atoms with Crippen LogP contribution in [0.5, 0.6) is 11.5 Å². The number of nitrogens with zero attached hydrogens (tertiary/aromatic N) is 1. The van der Waals surface area contributed by atoms with E-state index in [1.807, 2.05) is 13.0 Å². The van der Waals surface area contributed by atoms with Crippen LogP contribution in [0.2, 0.25) is 0 Å². The highest BCUT2D eigenvalue weighted by molar-refractivity contribution is 6.09. The average molecular weight is 416 g/mol. The molecule has 0 spiro atoms. The van der Waals surface area contributed by atoms with Gasteiger partial charge in [-0.05, 0) is 61.0 Å². The molecule has 0 aliphatic heterocycles. The van der Waals surface area contributed by atoms with E-state index in [0.29, 0.717) is 34.9 Å². The van der Waals surface area contributed by atoms with Gasteiger partial charge in [0.15, 0.2) is 0 Å². The second-order valence-corrected chi connectivity index (χ2v) is 6.53. The minimum Gasteiger partial charge on any atom is -0.494 e. The van der Waals surface area contributed by atoms with E-state index in [0.717, 1.165) is 0 Å². The Morgan fingerprint density at radius 2 is 1.65 bits per heavy atom.